The van der Waals surface area contributed by atoms with Crippen molar-refractivity contribution in [2.75, 3.05) is 13.2 Å². The second kappa shape index (κ2) is 6.82. The molecular formula is C15H26N2OS. The number of nitrogens with zero attached hydrogens (tertiary/aromatic N) is 1. The smallest absolute Gasteiger partial charge is 0.122 e. The monoisotopic (exact) mass is 282 g/mol. The summed E-state index contributed by atoms with van der Waals surface area (Å²) in [6.07, 6.45) is 2.83. The summed E-state index contributed by atoms with van der Waals surface area (Å²) in [7, 11) is 0. The van der Waals surface area contributed by atoms with Crippen LogP contribution in [0.3, 0.4) is 0 Å². The summed E-state index contributed by atoms with van der Waals surface area (Å²) in [6.45, 7) is 11.4. The third-order valence-corrected chi connectivity index (χ3v) is 4.61. The van der Waals surface area contributed by atoms with E-state index >= 15 is 0 Å². The average Bonchev–Trinajstić information content (AvgIpc) is 3.11. The standard InChI is InChI=1S/C15H26N2OS/c1-5-18-14(12-6-7-12)15-17-11(4)13(19-15)9-16-8-10(2)3/h10,12,14,16H,5-9H2,1-4H3. The summed E-state index contributed by atoms with van der Waals surface area (Å²) < 4.78 is 5.89. The highest BCUT2D eigenvalue weighted by Gasteiger charge is 2.35. The van der Waals surface area contributed by atoms with Gasteiger partial charge in [0.15, 0.2) is 0 Å². The van der Waals surface area contributed by atoms with E-state index in [0.29, 0.717) is 11.8 Å². The van der Waals surface area contributed by atoms with E-state index in [-0.39, 0.29) is 6.10 Å². The maximum absolute atomic E-state index is 5.89. The maximum atomic E-state index is 5.89. The number of nitrogens with one attached hydrogen (secondary N) is 1. The lowest BCUT2D eigenvalue weighted by Gasteiger charge is -2.12. The van der Waals surface area contributed by atoms with Gasteiger partial charge in [-0.3, -0.25) is 0 Å². The first-order valence-electron chi connectivity index (χ1n) is 7.40. The second-order valence-corrected chi connectivity index (χ2v) is 6.91. The fraction of sp³-hybridized carbons (Fsp3) is 0.800. The molecular weight excluding hydrogens is 256 g/mol. The molecule has 1 aromatic heterocycles. The number of aromatic nitrogens is 1. The number of hydrogen-bond acceptors (Lipinski definition) is 4. The van der Waals surface area contributed by atoms with Crippen molar-refractivity contribution in [3.63, 3.8) is 0 Å². The van der Waals surface area contributed by atoms with Gasteiger partial charge < -0.3 is 10.1 Å². The maximum Gasteiger partial charge on any atom is 0.122 e. The van der Waals surface area contributed by atoms with Crippen molar-refractivity contribution in [2.45, 2.75) is 53.2 Å². The predicted octanol–water partition coefficient (Wildman–Crippen LogP) is 3.68. The molecule has 108 valence electrons. The summed E-state index contributed by atoms with van der Waals surface area (Å²) in [4.78, 5) is 6.10. The van der Waals surface area contributed by atoms with E-state index in [1.165, 1.54) is 28.4 Å². The van der Waals surface area contributed by atoms with E-state index in [1.54, 1.807) is 0 Å². The molecule has 1 unspecified atom stereocenters. The third kappa shape index (κ3) is 4.26. The van der Waals surface area contributed by atoms with Crippen LogP contribution in [-0.4, -0.2) is 18.1 Å². The number of rotatable bonds is 8. The van der Waals surface area contributed by atoms with Crippen molar-refractivity contribution < 1.29 is 4.74 Å². The van der Waals surface area contributed by atoms with Crippen LogP contribution < -0.4 is 5.32 Å². The lowest BCUT2D eigenvalue weighted by molar-refractivity contribution is 0.0461. The first-order valence-corrected chi connectivity index (χ1v) is 8.22. The van der Waals surface area contributed by atoms with Gasteiger partial charge in [-0.2, -0.15) is 0 Å². The van der Waals surface area contributed by atoms with Crippen LogP contribution in [0.1, 0.15) is 55.3 Å². The fourth-order valence-electron chi connectivity index (χ4n) is 2.20. The Morgan fingerprint density at radius 2 is 2.16 bits per heavy atom. The van der Waals surface area contributed by atoms with Crippen molar-refractivity contribution >= 4 is 11.3 Å². The van der Waals surface area contributed by atoms with Crippen molar-refractivity contribution in [3.8, 4) is 0 Å². The molecule has 1 aliphatic rings. The van der Waals surface area contributed by atoms with Gasteiger partial charge in [0.05, 0.1) is 5.69 Å². The molecule has 4 heteroatoms. The molecule has 2 rings (SSSR count). The molecule has 0 amide bonds. The molecule has 0 aliphatic heterocycles. The van der Waals surface area contributed by atoms with Crippen molar-refractivity contribution in [1.29, 1.82) is 0 Å². The van der Waals surface area contributed by atoms with E-state index in [2.05, 4.69) is 33.0 Å². The van der Waals surface area contributed by atoms with Gasteiger partial charge in [0, 0.05) is 18.0 Å². The lowest BCUT2D eigenvalue weighted by atomic mass is 10.2. The molecule has 0 spiro atoms. The Morgan fingerprint density at radius 1 is 1.42 bits per heavy atom. The number of aryl methyl sites for hydroxylation is 1. The topological polar surface area (TPSA) is 34.1 Å². The van der Waals surface area contributed by atoms with Gasteiger partial charge in [-0.05, 0) is 45.1 Å². The third-order valence-electron chi connectivity index (χ3n) is 3.39. The van der Waals surface area contributed by atoms with E-state index in [9.17, 15) is 0 Å². The van der Waals surface area contributed by atoms with Gasteiger partial charge in [-0.15, -0.1) is 11.3 Å². The Balaban J connectivity index is 1.98. The minimum atomic E-state index is 0.243. The van der Waals surface area contributed by atoms with Crippen LogP contribution in [0.2, 0.25) is 0 Å². The lowest BCUT2D eigenvalue weighted by Crippen LogP contribution is -2.18. The molecule has 1 saturated carbocycles. The highest BCUT2D eigenvalue weighted by Crippen LogP contribution is 2.44. The Kier molecular flexibility index (Phi) is 5.37. The van der Waals surface area contributed by atoms with E-state index in [4.69, 9.17) is 9.72 Å². The molecule has 0 saturated heterocycles. The first kappa shape index (κ1) is 14.9. The fourth-order valence-corrected chi connectivity index (χ4v) is 3.38. The van der Waals surface area contributed by atoms with Gasteiger partial charge >= 0.3 is 0 Å². The molecule has 1 fully saturated rings. The van der Waals surface area contributed by atoms with E-state index < -0.39 is 0 Å². The number of hydrogen-bond donors (Lipinski definition) is 1. The van der Waals surface area contributed by atoms with Gasteiger partial charge in [0.2, 0.25) is 0 Å². The summed E-state index contributed by atoms with van der Waals surface area (Å²) in [5.41, 5.74) is 1.17. The van der Waals surface area contributed by atoms with Crippen molar-refractivity contribution in [3.05, 3.63) is 15.6 Å². The van der Waals surface area contributed by atoms with Crippen LogP contribution in [-0.2, 0) is 11.3 Å². The number of ether oxygens (including phenoxy) is 1. The SMILES string of the molecule is CCOC(c1nc(C)c(CNCC(C)C)s1)C1CC1. The summed E-state index contributed by atoms with van der Waals surface area (Å²) in [5.74, 6) is 1.40. The second-order valence-electron chi connectivity index (χ2n) is 5.80. The molecule has 0 aromatic carbocycles. The normalized spacial score (nSPS) is 17.1. The van der Waals surface area contributed by atoms with Crippen molar-refractivity contribution in [2.24, 2.45) is 11.8 Å². The Morgan fingerprint density at radius 3 is 2.74 bits per heavy atom. The van der Waals surface area contributed by atoms with Crippen LogP contribution in [0.15, 0.2) is 0 Å². The summed E-state index contributed by atoms with van der Waals surface area (Å²) in [5, 5.41) is 4.68. The Labute approximate surface area is 120 Å². The molecule has 0 bridgehead atoms. The van der Waals surface area contributed by atoms with E-state index in [1.807, 2.05) is 11.3 Å². The zero-order valence-electron chi connectivity index (χ0n) is 12.5. The molecule has 1 N–H and O–H groups in total. The first-order chi connectivity index (χ1) is 9.11. The average molecular weight is 282 g/mol. The van der Waals surface area contributed by atoms with Gasteiger partial charge in [0.25, 0.3) is 0 Å². The zero-order valence-corrected chi connectivity index (χ0v) is 13.3. The highest BCUT2D eigenvalue weighted by atomic mass is 32.1. The van der Waals surface area contributed by atoms with Crippen LogP contribution in [0, 0.1) is 18.8 Å². The Bertz CT molecular complexity index is 399. The quantitative estimate of drug-likeness (QED) is 0.789. The summed E-state index contributed by atoms with van der Waals surface area (Å²) in [6, 6.07) is 0. The van der Waals surface area contributed by atoms with Crippen LogP contribution in [0.25, 0.3) is 0 Å². The predicted molar refractivity (Wildman–Crippen MR) is 80.5 cm³/mol. The Hall–Kier alpha value is -0.450. The van der Waals surface area contributed by atoms with E-state index in [0.717, 1.165) is 19.7 Å². The van der Waals surface area contributed by atoms with Crippen LogP contribution in [0.5, 0.6) is 0 Å². The molecule has 1 aliphatic carbocycles. The molecule has 1 atom stereocenters. The van der Waals surface area contributed by atoms with Gasteiger partial charge in [-0.1, -0.05) is 13.8 Å². The molecule has 1 aromatic rings. The van der Waals surface area contributed by atoms with Crippen LogP contribution in [0.4, 0.5) is 0 Å². The minimum Gasteiger partial charge on any atom is -0.371 e. The number of thiazole rings is 1. The largest absolute Gasteiger partial charge is 0.371 e. The highest BCUT2D eigenvalue weighted by molar-refractivity contribution is 7.11. The van der Waals surface area contributed by atoms with Gasteiger partial charge in [-0.25, -0.2) is 4.98 Å². The molecule has 3 nitrogen and oxygen atoms in total. The van der Waals surface area contributed by atoms with Gasteiger partial charge in [0.1, 0.15) is 11.1 Å². The van der Waals surface area contributed by atoms with Crippen molar-refractivity contribution in [1.82, 2.24) is 10.3 Å². The van der Waals surface area contributed by atoms with Crippen LogP contribution >= 0.6 is 11.3 Å². The molecule has 19 heavy (non-hydrogen) atoms. The molecule has 1 heterocycles. The summed E-state index contributed by atoms with van der Waals surface area (Å²) >= 11 is 1.83. The molecule has 0 radical (unpaired) electrons. The minimum absolute atomic E-state index is 0.243. The zero-order chi connectivity index (χ0) is 13.8.